The highest BCUT2D eigenvalue weighted by molar-refractivity contribution is 5.91. The zero-order chi connectivity index (χ0) is 15.0. The van der Waals surface area contributed by atoms with Gasteiger partial charge in [0.05, 0.1) is 6.33 Å². The topological polar surface area (TPSA) is 118 Å². The van der Waals surface area contributed by atoms with Crippen molar-refractivity contribution < 1.29 is 14.4 Å². The van der Waals surface area contributed by atoms with Crippen LogP contribution in [0.3, 0.4) is 0 Å². The monoisotopic (exact) mass is 285 g/mol. The van der Waals surface area contributed by atoms with Crippen molar-refractivity contribution in [2.75, 3.05) is 0 Å². The van der Waals surface area contributed by atoms with Gasteiger partial charge in [0.15, 0.2) is 5.69 Å². The van der Waals surface area contributed by atoms with Crippen LogP contribution in [0.1, 0.15) is 21.6 Å². The summed E-state index contributed by atoms with van der Waals surface area (Å²) in [6.07, 6.45) is 2.97. The zero-order valence-electron chi connectivity index (χ0n) is 11.3. The molecular formula is C13H11N5O3. The third-order valence-corrected chi connectivity index (χ3v) is 2.91. The molecule has 0 unspecified atom stereocenters. The third kappa shape index (κ3) is 2.27. The first-order valence-electron chi connectivity index (χ1n) is 6.10. The number of rotatable bonds is 3. The first-order chi connectivity index (χ1) is 10.1. The molecule has 0 saturated heterocycles. The molecule has 0 aromatic carbocycles. The molecule has 0 saturated carbocycles. The molecular weight excluding hydrogens is 274 g/mol. The van der Waals surface area contributed by atoms with Gasteiger partial charge in [-0.25, -0.2) is 9.78 Å². The minimum atomic E-state index is -1.17. The molecule has 8 heteroatoms. The Hall–Kier alpha value is -3.03. The lowest BCUT2D eigenvalue weighted by molar-refractivity contribution is 0.0691. The van der Waals surface area contributed by atoms with Crippen molar-refractivity contribution >= 4 is 5.97 Å². The number of aromatic amines is 1. The second-order valence-corrected chi connectivity index (χ2v) is 4.53. The van der Waals surface area contributed by atoms with Crippen molar-refractivity contribution in [3.63, 3.8) is 0 Å². The molecule has 0 amide bonds. The fourth-order valence-electron chi connectivity index (χ4n) is 1.99. The van der Waals surface area contributed by atoms with E-state index in [0.29, 0.717) is 11.5 Å². The molecule has 3 aromatic rings. The predicted molar refractivity (Wildman–Crippen MR) is 71.5 cm³/mol. The molecule has 2 N–H and O–H groups in total. The molecule has 0 atom stereocenters. The van der Waals surface area contributed by atoms with Gasteiger partial charge in [-0.1, -0.05) is 11.2 Å². The molecule has 8 nitrogen and oxygen atoms in total. The number of carboxylic acid groups (broad SMARTS) is 1. The van der Waals surface area contributed by atoms with Gasteiger partial charge in [-0.3, -0.25) is 4.98 Å². The summed E-state index contributed by atoms with van der Waals surface area (Å²) in [6.45, 7) is 3.83. The minimum absolute atomic E-state index is 0.0571. The Labute approximate surface area is 118 Å². The lowest BCUT2D eigenvalue weighted by atomic mass is 10.1. The van der Waals surface area contributed by atoms with Crippen molar-refractivity contribution in [2.24, 2.45) is 0 Å². The Morgan fingerprint density at radius 1 is 1.33 bits per heavy atom. The summed E-state index contributed by atoms with van der Waals surface area (Å²) in [4.78, 5) is 25.9. The van der Waals surface area contributed by atoms with E-state index in [4.69, 9.17) is 9.63 Å². The van der Waals surface area contributed by atoms with Crippen LogP contribution < -0.4 is 0 Å². The first-order valence-corrected chi connectivity index (χ1v) is 6.10. The number of aromatic carboxylic acids is 1. The Bertz CT molecular complexity index is 821. The highest BCUT2D eigenvalue weighted by Gasteiger charge is 2.21. The molecule has 0 spiro atoms. The summed E-state index contributed by atoms with van der Waals surface area (Å²) in [6, 6.07) is 1.96. The quantitative estimate of drug-likeness (QED) is 0.753. The van der Waals surface area contributed by atoms with Gasteiger partial charge in [-0.05, 0) is 25.0 Å². The van der Waals surface area contributed by atoms with E-state index in [1.54, 1.807) is 6.20 Å². The van der Waals surface area contributed by atoms with Crippen LogP contribution in [0, 0.1) is 13.8 Å². The molecule has 3 rings (SSSR count). The van der Waals surface area contributed by atoms with Crippen LogP contribution in [0.15, 0.2) is 23.1 Å². The Morgan fingerprint density at radius 3 is 2.86 bits per heavy atom. The van der Waals surface area contributed by atoms with Gasteiger partial charge in [-0.2, -0.15) is 4.98 Å². The average molecular weight is 285 g/mol. The van der Waals surface area contributed by atoms with E-state index in [-0.39, 0.29) is 17.3 Å². The van der Waals surface area contributed by atoms with Crippen molar-refractivity contribution in [3.05, 3.63) is 35.4 Å². The summed E-state index contributed by atoms with van der Waals surface area (Å²) >= 11 is 0. The van der Waals surface area contributed by atoms with Crippen molar-refractivity contribution in [2.45, 2.75) is 13.8 Å². The highest BCUT2D eigenvalue weighted by Crippen LogP contribution is 2.23. The number of H-pyrrole nitrogens is 1. The number of nitrogens with zero attached hydrogens (tertiary/aromatic N) is 4. The average Bonchev–Trinajstić information content (AvgIpc) is 3.06. The Balaban J connectivity index is 2.04. The molecule has 0 aliphatic carbocycles. The van der Waals surface area contributed by atoms with Gasteiger partial charge < -0.3 is 14.6 Å². The van der Waals surface area contributed by atoms with Crippen LogP contribution in [0.4, 0.5) is 0 Å². The van der Waals surface area contributed by atoms with E-state index in [2.05, 4.69) is 25.1 Å². The van der Waals surface area contributed by atoms with Crippen LogP contribution in [0.5, 0.6) is 0 Å². The Kier molecular flexibility index (Phi) is 2.98. The molecule has 0 aliphatic heterocycles. The van der Waals surface area contributed by atoms with E-state index in [0.717, 1.165) is 11.1 Å². The fourth-order valence-corrected chi connectivity index (χ4v) is 1.99. The number of carbonyl (C=O) groups is 1. The molecule has 0 bridgehead atoms. The van der Waals surface area contributed by atoms with Crippen molar-refractivity contribution in [1.29, 1.82) is 0 Å². The lowest BCUT2D eigenvalue weighted by Crippen LogP contribution is -1.99. The number of aromatic nitrogens is 5. The number of imidazole rings is 1. The summed E-state index contributed by atoms with van der Waals surface area (Å²) < 4.78 is 5.10. The second kappa shape index (κ2) is 4.82. The summed E-state index contributed by atoms with van der Waals surface area (Å²) in [7, 11) is 0. The van der Waals surface area contributed by atoms with E-state index < -0.39 is 5.97 Å². The number of aryl methyl sites for hydroxylation is 2. The molecule has 3 heterocycles. The standard InChI is InChI=1S/C13H11N5O3/c1-6-3-7(2)8(14-4-6)11-17-12(21-18-11)9-10(13(19)20)16-5-15-9/h3-5H,1-2H3,(H,15,16)(H,19,20). The summed E-state index contributed by atoms with van der Waals surface area (Å²) in [5.41, 5.74) is 2.53. The maximum atomic E-state index is 11.0. The molecule has 0 aliphatic rings. The fraction of sp³-hybridized carbons (Fsp3) is 0.154. The largest absolute Gasteiger partial charge is 0.476 e. The SMILES string of the molecule is Cc1cnc(-c2noc(-c3[nH]cnc3C(=O)O)n2)c(C)c1. The molecule has 3 aromatic heterocycles. The first kappa shape index (κ1) is 13.0. The van der Waals surface area contributed by atoms with E-state index in [9.17, 15) is 4.79 Å². The third-order valence-electron chi connectivity index (χ3n) is 2.91. The van der Waals surface area contributed by atoms with Gasteiger partial charge in [-0.15, -0.1) is 0 Å². The molecule has 0 fully saturated rings. The maximum absolute atomic E-state index is 11.0. The van der Waals surface area contributed by atoms with Crippen LogP contribution in [0.2, 0.25) is 0 Å². The van der Waals surface area contributed by atoms with Crippen LogP contribution in [0.25, 0.3) is 23.1 Å². The second-order valence-electron chi connectivity index (χ2n) is 4.53. The van der Waals surface area contributed by atoms with E-state index >= 15 is 0 Å². The van der Waals surface area contributed by atoms with Gasteiger partial charge in [0.25, 0.3) is 5.89 Å². The summed E-state index contributed by atoms with van der Waals surface area (Å²) in [5.74, 6) is -0.814. The minimum Gasteiger partial charge on any atom is -0.476 e. The maximum Gasteiger partial charge on any atom is 0.356 e. The molecule has 106 valence electrons. The number of hydrogen-bond acceptors (Lipinski definition) is 6. The molecule has 0 radical (unpaired) electrons. The number of hydrogen-bond donors (Lipinski definition) is 2. The van der Waals surface area contributed by atoms with Crippen LogP contribution >= 0.6 is 0 Å². The molecule has 21 heavy (non-hydrogen) atoms. The summed E-state index contributed by atoms with van der Waals surface area (Å²) in [5, 5.41) is 12.9. The lowest BCUT2D eigenvalue weighted by Gasteiger charge is -2.00. The van der Waals surface area contributed by atoms with E-state index in [1.807, 2.05) is 19.9 Å². The zero-order valence-corrected chi connectivity index (χ0v) is 11.3. The van der Waals surface area contributed by atoms with Gasteiger partial charge in [0, 0.05) is 6.20 Å². The smallest absolute Gasteiger partial charge is 0.356 e. The van der Waals surface area contributed by atoms with Gasteiger partial charge in [0.2, 0.25) is 5.82 Å². The number of carboxylic acids is 1. The van der Waals surface area contributed by atoms with Crippen LogP contribution in [-0.4, -0.2) is 36.2 Å². The van der Waals surface area contributed by atoms with Crippen molar-refractivity contribution in [1.82, 2.24) is 25.1 Å². The normalized spacial score (nSPS) is 10.8. The van der Waals surface area contributed by atoms with Crippen molar-refractivity contribution in [3.8, 4) is 23.1 Å². The van der Waals surface area contributed by atoms with E-state index in [1.165, 1.54) is 6.33 Å². The highest BCUT2D eigenvalue weighted by atomic mass is 16.5. The predicted octanol–water partition coefficient (Wildman–Crippen LogP) is 1.84. The number of nitrogens with one attached hydrogen (secondary N) is 1. The van der Waals surface area contributed by atoms with Crippen LogP contribution in [-0.2, 0) is 0 Å². The van der Waals surface area contributed by atoms with Gasteiger partial charge >= 0.3 is 5.97 Å². The van der Waals surface area contributed by atoms with Gasteiger partial charge in [0.1, 0.15) is 11.4 Å². The number of pyridine rings is 1. The Morgan fingerprint density at radius 2 is 2.14 bits per heavy atom.